The van der Waals surface area contributed by atoms with Crippen molar-refractivity contribution >= 4 is 27.6 Å². The molecule has 2 rings (SSSR count). The molecule has 0 unspecified atom stereocenters. The average molecular weight is 420 g/mol. The van der Waals surface area contributed by atoms with Crippen molar-refractivity contribution in [2.24, 2.45) is 5.14 Å². The average Bonchev–Trinajstić information content (AvgIpc) is 2.70. The summed E-state index contributed by atoms with van der Waals surface area (Å²) in [7, 11) is -2.69. The fraction of sp³-hybridized carbons (Fsp3) is 0.300. The predicted molar refractivity (Wildman–Crippen MR) is 108 cm³/mol. The van der Waals surface area contributed by atoms with Crippen LogP contribution in [0.2, 0.25) is 0 Å². The van der Waals surface area contributed by atoms with E-state index >= 15 is 0 Å². The van der Waals surface area contributed by atoms with Gasteiger partial charge in [-0.2, -0.15) is 0 Å². The third kappa shape index (κ3) is 6.58. The second-order valence-electron chi connectivity index (χ2n) is 6.33. The van der Waals surface area contributed by atoms with Gasteiger partial charge in [-0.1, -0.05) is 25.5 Å². The summed E-state index contributed by atoms with van der Waals surface area (Å²) < 4.78 is 33.0. The number of nitrogens with two attached hydrogens (primary N) is 1. The van der Waals surface area contributed by atoms with Crippen LogP contribution in [0.4, 0.5) is 5.69 Å². The van der Waals surface area contributed by atoms with Crippen molar-refractivity contribution in [2.45, 2.75) is 31.1 Å². The van der Waals surface area contributed by atoms with Gasteiger partial charge in [0, 0.05) is 5.69 Å². The monoisotopic (exact) mass is 420 g/mol. The van der Waals surface area contributed by atoms with Gasteiger partial charge in [-0.05, 0) is 48.7 Å². The van der Waals surface area contributed by atoms with Crippen molar-refractivity contribution in [2.75, 3.05) is 19.0 Å². The first-order chi connectivity index (χ1) is 13.7. The molecule has 0 radical (unpaired) electrons. The maximum absolute atomic E-state index is 12.3. The molecule has 0 bridgehead atoms. The van der Waals surface area contributed by atoms with E-state index in [1.807, 2.05) is 12.1 Å². The third-order valence-electron chi connectivity index (χ3n) is 4.11. The Hall–Kier alpha value is -2.91. The number of aryl methyl sites for hydroxylation is 1. The van der Waals surface area contributed by atoms with E-state index in [0.29, 0.717) is 5.69 Å². The predicted octanol–water partition coefficient (Wildman–Crippen LogP) is 2.48. The lowest BCUT2D eigenvalue weighted by Gasteiger charge is -2.11. The number of primary sulfonamides is 1. The van der Waals surface area contributed by atoms with E-state index in [-0.39, 0.29) is 16.2 Å². The molecule has 0 aliphatic rings. The standard InChI is InChI=1S/C20H24N2O6S/c1-3-4-5-14-6-8-15(9-7-14)22-19(23)13-28-20(24)17-12-16(29(21,25)26)10-11-18(17)27-2/h6-12H,3-5,13H2,1-2H3,(H,22,23)(H2,21,25,26). The van der Waals surface area contributed by atoms with Crippen molar-refractivity contribution in [3.05, 3.63) is 53.6 Å². The number of esters is 1. The Kier molecular flexibility index (Phi) is 7.74. The maximum atomic E-state index is 12.3. The van der Waals surface area contributed by atoms with Crippen LogP contribution >= 0.6 is 0 Å². The maximum Gasteiger partial charge on any atom is 0.342 e. The van der Waals surface area contributed by atoms with E-state index in [1.165, 1.54) is 24.8 Å². The van der Waals surface area contributed by atoms with Gasteiger partial charge in [-0.15, -0.1) is 0 Å². The molecule has 0 atom stereocenters. The van der Waals surface area contributed by atoms with Gasteiger partial charge in [0.05, 0.1) is 12.0 Å². The molecule has 2 aromatic rings. The van der Waals surface area contributed by atoms with E-state index < -0.39 is 28.5 Å². The number of anilines is 1. The Balaban J connectivity index is 1.99. The lowest BCUT2D eigenvalue weighted by atomic mass is 10.1. The molecule has 2 aromatic carbocycles. The number of ether oxygens (including phenoxy) is 2. The van der Waals surface area contributed by atoms with E-state index in [0.717, 1.165) is 25.3 Å². The van der Waals surface area contributed by atoms with Crippen LogP contribution in [-0.4, -0.2) is 34.0 Å². The van der Waals surface area contributed by atoms with E-state index in [4.69, 9.17) is 14.6 Å². The zero-order chi connectivity index (χ0) is 21.4. The molecule has 0 fully saturated rings. The molecular formula is C20H24N2O6S. The van der Waals surface area contributed by atoms with Gasteiger partial charge in [0.15, 0.2) is 6.61 Å². The third-order valence-corrected chi connectivity index (χ3v) is 5.02. The highest BCUT2D eigenvalue weighted by molar-refractivity contribution is 7.89. The first-order valence-corrected chi connectivity index (χ1v) is 10.6. The fourth-order valence-corrected chi connectivity index (χ4v) is 3.10. The molecule has 0 aromatic heterocycles. The summed E-state index contributed by atoms with van der Waals surface area (Å²) in [5.41, 5.74) is 1.62. The first-order valence-electron chi connectivity index (χ1n) is 9.01. The number of rotatable bonds is 9. The Bertz CT molecular complexity index is 971. The number of amides is 1. The molecule has 1 amide bonds. The fourth-order valence-electron chi connectivity index (χ4n) is 2.57. The van der Waals surface area contributed by atoms with Crippen molar-refractivity contribution in [3.8, 4) is 5.75 Å². The van der Waals surface area contributed by atoms with Gasteiger partial charge in [-0.3, -0.25) is 4.79 Å². The number of methoxy groups -OCH3 is 1. The highest BCUT2D eigenvalue weighted by atomic mass is 32.2. The van der Waals surface area contributed by atoms with Crippen molar-refractivity contribution < 1.29 is 27.5 Å². The molecular weight excluding hydrogens is 396 g/mol. The van der Waals surface area contributed by atoms with Crippen LogP contribution in [-0.2, 0) is 26.0 Å². The first kappa shape index (κ1) is 22.4. The van der Waals surface area contributed by atoms with Gasteiger partial charge in [0.2, 0.25) is 10.0 Å². The van der Waals surface area contributed by atoms with Crippen LogP contribution in [0.25, 0.3) is 0 Å². The SMILES string of the molecule is CCCCc1ccc(NC(=O)COC(=O)c2cc(S(N)(=O)=O)ccc2OC)cc1. The summed E-state index contributed by atoms with van der Waals surface area (Å²) in [6, 6.07) is 11.0. The van der Waals surface area contributed by atoms with Crippen LogP contribution in [0.5, 0.6) is 5.75 Å². The van der Waals surface area contributed by atoms with Crippen LogP contribution < -0.4 is 15.2 Å². The molecule has 0 saturated carbocycles. The summed E-state index contributed by atoms with van der Waals surface area (Å²) in [4.78, 5) is 24.1. The molecule has 8 nitrogen and oxygen atoms in total. The van der Waals surface area contributed by atoms with Gasteiger partial charge < -0.3 is 14.8 Å². The highest BCUT2D eigenvalue weighted by Crippen LogP contribution is 2.23. The topological polar surface area (TPSA) is 125 Å². The molecule has 0 saturated heterocycles. The lowest BCUT2D eigenvalue weighted by Crippen LogP contribution is -2.21. The van der Waals surface area contributed by atoms with Crippen molar-refractivity contribution in [1.29, 1.82) is 0 Å². The number of benzene rings is 2. The Morgan fingerprint density at radius 2 is 1.79 bits per heavy atom. The molecule has 3 N–H and O–H groups in total. The van der Waals surface area contributed by atoms with Crippen LogP contribution in [0.3, 0.4) is 0 Å². The van der Waals surface area contributed by atoms with Gasteiger partial charge in [0.1, 0.15) is 11.3 Å². The quantitative estimate of drug-likeness (QED) is 0.601. The summed E-state index contributed by atoms with van der Waals surface area (Å²) in [5, 5.41) is 7.71. The summed E-state index contributed by atoms with van der Waals surface area (Å²) >= 11 is 0. The molecule has 9 heteroatoms. The number of unbranched alkanes of at least 4 members (excludes halogenated alkanes) is 1. The minimum absolute atomic E-state index is 0.102. The second kappa shape index (κ2) is 10.0. The van der Waals surface area contributed by atoms with Crippen molar-refractivity contribution in [1.82, 2.24) is 0 Å². The normalized spacial score (nSPS) is 11.0. The Labute approximate surface area is 170 Å². The van der Waals surface area contributed by atoms with Gasteiger partial charge >= 0.3 is 5.97 Å². The van der Waals surface area contributed by atoms with Crippen LogP contribution in [0.15, 0.2) is 47.4 Å². The van der Waals surface area contributed by atoms with Gasteiger partial charge in [-0.25, -0.2) is 18.4 Å². The zero-order valence-corrected chi connectivity index (χ0v) is 17.1. The molecule has 29 heavy (non-hydrogen) atoms. The smallest absolute Gasteiger partial charge is 0.342 e. The van der Waals surface area contributed by atoms with E-state index in [2.05, 4.69) is 12.2 Å². The summed E-state index contributed by atoms with van der Waals surface area (Å²) in [5.74, 6) is -1.33. The minimum Gasteiger partial charge on any atom is -0.496 e. The number of sulfonamides is 1. The van der Waals surface area contributed by atoms with Crippen LogP contribution in [0.1, 0.15) is 35.7 Å². The van der Waals surface area contributed by atoms with Crippen molar-refractivity contribution in [3.63, 3.8) is 0 Å². The molecule has 156 valence electrons. The number of carbonyl (C=O) groups excluding carboxylic acids is 2. The lowest BCUT2D eigenvalue weighted by molar-refractivity contribution is -0.119. The number of hydrogen-bond acceptors (Lipinski definition) is 6. The van der Waals surface area contributed by atoms with E-state index in [1.54, 1.807) is 12.1 Å². The highest BCUT2D eigenvalue weighted by Gasteiger charge is 2.19. The molecule has 0 heterocycles. The Morgan fingerprint density at radius 1 is 1.10 bits per heavy atom. The largest absolute Gasteiger partial charge is 0.496 e. The number of carbonyl (C=O) groups is 2. The van der Waals surface area contributed by atoms with E-state index in [9.17, 15) is 18.0 Å². The molecule has 0 aliphatic carbocycles. The minimum atomic E-state index is -4.01. The van der Waals surface area contributed by atoms with Crippen LogP contribution in [0, 0.1) is 0 Å². The van der Waals surface area contributed by atoms with Gasteiger partial charge in [0.25, 0.3) is 5.91 Å². The number of hydrogen-bond donors (Lipinski definition) is 2. The summed E-state index contributed by atoms with van der Waals surface area (Å²) in [6.45, 7) is 1.58. The Morgan fingerprint density at radius 3 is 2.38 bits per heavy atom. The molecule has 0 spiro atoms. The second-order valence-corrected chi connectivity index (χ2v) is 7.89. The molecule has 0 aliphatic heterocycles. The zero-order valence-electron chi connectivity index (χ0n) is 16.3. The number of nitrogens with one attached hydrogen (secondary N) is 1. The summed E-state index contributed by atoms with van der Waals surface area (Å²) in [6.07, 6.45) is 3.17.